The molecule has 0 saturated carbocycles. The van der Waals surface area contributed by atoms with Crippen LogP contribution in [-0.2, 0) is 0 Å². The van der Waals surface area contributed by atoms with Crippen LogP contribution < -0.4 is 5.73 Å². The van der Waals surface area contributed by atoms with Crippen LogP contribution in [0.25, 0.3) is 0 Å². The molecular weight excluding hydrogens is 157 g/mol. The minimum atomic E-state index is 0.152. The molecule has 0 aliphatic heterocycles. The van der Waals surface area contributed by atoms with Gasteiger partial charge in [-0.15, -0.1) is 0 Å². The molecule has 0 aromatic heterocycles. The van der Waals surface area contributed by atoms with Crippen LogP contribution in [-0.4, -0.2) is 11.5 Å². The van der Waals surface area contributed by atoms with Crippen molar-refractivity contribution in [1.29, 1.82) is 5.41 Å². The van der Waals surface area contributed by atoms with Crippen LogP contribution in [0.2, 0.25) is 0 Å². The summed E-state index contributed by atoms with van der Waals surface area (Å²) in [5.41, 5.74) is 5.57. The Labute approximate surface area is 71.0 Å². The molecule has 0 aromatic rings. The van der Waals surface area contributed by atoms with E-state index in [-0.39, 0.29) is 11.3 Å². The van der Waals surface area contributed by atoms with E-state index < -0.39 is 0 Å². The van der Waals surface area contributed by atoms with Gasteiger partial charge in [0.15, 0.2) is 0 Å². The third-order valence-electron chi connectivity index (χ3n) is 1.08. The maximum Gasteiger partial charge on any atom is 0.0957 e. The van der Waals surface area contributed by atoms with Crippen LogP contribution in [0.5, 0.6) is 0 Å². The van der Waals surface area contributed by atoms with E-state index in [0.717, 1.165) is 0 Å². The summed E-state index contributed by atoms with van der Waals surface area (Å²) in [4.78, 5) is 3.70. The van der Waals surface area contributed by atoms with Crippen molar-refractivity contribution < 1.29 is 4.39 Å². The molecular formula is C8H12FN3. The zero-order valence-corrected chi connectivity index (χ0v) is 7.13. The van der Waals surface area contributed by atoms with E-state index in [1.54, 1.807) is 6.92 Å². The van der Waals surface area contributed by atoms with Crippen LogP contribution in [0.15, 0.2) is 29.2 Å². The molecule has 4 heteroatoms. The lowest BCUT2D eigenvalue weighted by molar-refractivity contribution is 0.717. The van der Waals surface area contributed by atoms with Gasteiger partial charge in [0.2, 0.25) is 0 Å². The second-order valence-electron chi connectivity index (χ2n) is 2.28. The van der Waals surface area contributed by atoms with Crippen molar-refractivity contribution in [2.45, 2.75) is 13.8 Å². The van der Waals surface area contributed by atoms with Crippen LogP contribution in [0, 0.1) is 5.41 Å². The van der Waals surface area contributed by atoms with Crippen molar-refractivity contribution in [1.82, 2.24) is 0 Å². The first kappa shape index (κ1) is 10.5. The van der Waals surface area contributed by atoms with Crippen molar-refractivity contribution in [2.24, 2.45) is 10.7 Å². The summed E-state index contributed by atoms with van der Waals surface area (Å²) in [7, 11) is 0. The largest absolute Gasteiger partial charge is 0.387 e. The van der Waals surface area contributed by atoms with Gasteiger partial charge in [-0.25, -0.2) is 9.38 Å². The number of halogens is 1. The fourth-order valence-corrected chi connectivity index (χ4v) is 0.478. The third-order valence-corrected chi connectivity index (χ3v) is 1.08. The Morgan fingerprint density at radius 3 is 2.42 bits per heavy atom. The Balaban J connectivity index is 4.33. The van der Waals surface area contributed by atoms with Gasteiger partial charge < -0.3 is 11.1 Å². The Kier molecular flexibility index (Phi) is 4.60. The molecule has 3 N–H and O–H groups in total. The van der Waals surface area contributed by atoms with Gasteiger partial charge in [-0.3, -0.25) is 0 Å². The fraction of sp³-hybridized carbons (Fsp3) is 0.250. The predicted octanol–water partition coefficient (Wildman–Crippen LogP) is 1.77. The van der Waals surface area contributed by atoms with Crippen LogP contribution in [0.4, 0.5) is 4.39 Å². The van der Waals surface area contributed by atoms with Crippen molar-refractivity contribution in [3.8, 4) is 0 Å². The van der Waals surface area contributed by atoms with E-state index in [2.05, 4.69) is 4.99 Å². The van der Waals surface area contributed by atoms with Gasteiger partial charge in [0.1, 0.15) is 0 Å². The minimum Gasteiger partial charge on any atom is -0.387 e. The van der Waals surface area contributed by atoms with E-state index in [9.17, 15) is 4.39 Å². The second kappa shape index (κ2) is 5.23. The number of hydrogen-bond acceptors (Lipinski definition) is 2. The maximum atomic E-state index is 12.0. The zero-order chi connectivity index (χ0) is 9.56. The standard InChI is InChI=1S/C8H12FN3/c1-6(10)8(5-9)3-4-12-7(2)11/h3-5,10H,1-2H3,(H2,11,12)/b4-3+,8-5+,10-6?. The lowest BCUT2D eigenvalue weighted by Gasteiger charge is -1.92. The van der Waals surface area contributed by atoms with Gasteiger partial charge in [0.05, 0.1) is 12.2 Å². The SMILES string of the molecule is CC(=N)C(/C=C/N=C(C)N)=C/F. The molecule has 0 bridgehead atoms. The molecule has 0 saturated heterocycles. The first-order valence-electron chi connectivity index (χ1n) is 3.40. The van der Waals surface area contributed by atoms with Crippen molar-refractivity contribution in [3.05, 3.63) is 24.2 Å². The number of amidine groups is 1. The number of nitrogens with zero attached hydrogens (tertiary/aromatic N) is 1. The minimum absolute atomic E-state index is 0.152. The van der Waals surface area contributed by atoms with Crippen LogP contribution >= 0.6 is 0 Å². The lowest BCUT2D eigenvalue weighted by Crippen LogP contribution is -2.03. The maximum absolute atomic E-state index is 12.0. The molecule has 0 fully saturated rings. The summed E-state index contributed by atoms with van der Waals surface area (Å²) in [5.74, 6) is 0.395. The Morgan fingerprint density at radius 2 is 2.08 bits per heavy atom. The van der Waals surface area contributed by atoms with Crippen LogP contribution in [0.3, 0.4) is 0 Å². The van der Waals surface area contributed by atoms with Gasteiger partial charge in [-0.2, -0.15) is 0 Å². The molecule has 0 heterocycles. The normalized spacial score (nSPS) is 13.9. The Bertz CT molecular complexity index is 247. The molecule has 0 rings (SSSR count). The van der Waals surface area contributed by atoms with Crippen molar-refractivity contribution in [3.63, 3.8) is 0 Å². The van der Waals surface area contributed by atoms with Gasteiger partial charge >= 0.3 is 0 Å². The van der Waals surface area contributed by atoms with Crippen molar-refractivity contribution >= 4 is 11.5 Å². The number of allylic oxidation sites excluding steroid dienone is 2. The predicted molar refractivity (Wildman–Crippen MR) is 49.0 cm³/mol. The second-order valence-corrected chi connectivity index (χ2v) is 2.28. The Morgan fingerprint density at radius 1 is 1.50 bits per heavy atom. The highest BCUT2D eigenvalue weighted by Crippen LogP contribution is 1.99. The monoisotopic (exact) mass is 169 g/mol. The van der Waals surface area contributed by atoms with E-state index in [0.29, 0.717) is 12.2 Å². The van der Waals surface area contributed by atoms with Gasteiger partial charge in [0.25, 0.3) is 0 Å². The molecule has 12 heavy (non-hydrogen) atoms. The summed E-state index contributed by atoms with van der Waals surface area (Å²) >= 11 is 0. The molecule has 0 aliphatic rings. The molecule has 0 radical (unpaired) electrons. The molecule has 66 valence electrons. The quantitative estimate of drug-likeness (QED) is 0.377. The number of nitrogens with two attached hydrogens (primary N) is 1. The average Bonchev–Trinajstić information content (AvgIpc) is 1.96. The number of aliphatic imine (C=N–C) groups is 1. The highest BCUT2D eigenvalue weighted by Gasteiger charge is 1.92. The van der Waals surface area contributed by atoms with Crippen molar-refractivity contribution in [2.75, 3.05) is 0 Å². The molecule has 0 aromatic carbocycles. The highest BCUT2D eigenvalue weighted by atomic mass is 19.1. The summed E-state index contributed by atoms with van der Waals surface area (Å²) < 4.78 is 12.0. The fourth-order valence-electron chi connectivity index (χ4n) is 0.478. The zero-order valence-electron chi connectivity index (χ0n) is 7.13. The van der Waals surface area contributed by atoms with E-state index in [1.165, 1.54) is 19.2 Å². The first-order chi connectivity index (χ1) is 5.57. The molecule has 0 amide bonds. The van der Waals surface area contributed by atoms with Gasteiger partial charge in [-0.1, -0.05) is 0 Å². The summed E-state index contributed by atoms with van der Waals surface area (Å²) in [6.45, 7) is 3.12. The lowest BCUT2D eigenvalue weighted by atomic mass is 10.2. The highest BCUT2D eigenvalue weighted by molar-refractivity contribution is 5.98. The average molecular weight is 169 g/mol. The van der Waals surface area contributed by atoms with Gasteiger partial charge in [-0.05, 0) is 19.9 Å². The van der Waals surface area contributed by atoms with E-state index in [4.69, 9.17) is 11.1 Å². The molecule has 3 nitrogen and oxygen atoms in total. The van der Waals surface area contributed by atoms with Gasteiger partial charge in [0, 0.05) is 17.5 Å². The Hall–Kier alpha value is -1.45. The first-order valence-corrected chi connectivity index (χ1v) is 3.40. The topological polar surface area (TPSA) is 62.2 Å². The summed E-state index contributed by atoms with van der Waals surface area (Å²) in [6.07, 6.45) is 3.11. The summed E-state index contributed by atoms with van der Waals surface area (Å²) in [6, 6.07) is 0. The molecule has 0 atom stereocenters. The number of hydrogen-bond donors (Lipinski definition) is 2. The number of rotatable bonds is 3. The third kappa shape index (κ3) is 4.38. The van der Waals surface area contributed by atoms with E-state index in [1.807, 2.05) is 0 Å². The smallest absolute Gasteiger partial charge is 0.0957 e. The number of nitrogens with one attached hydrogen (secondary N) is 1. The van der Waals surface area contributed by atoms with Crippen LogP contribution in [0.1, 0.15) is 13.8 Å². The molecule has 0 unspecified atom stereocenters. The molecule has 0 spiro atoms. The van der Waals surface area contributed by atoms with E-state index >= 15 is 0 Å². The molecule has 0 aliphatic carbocycles. The summed E-state index contributed by atoms with van der Waals surface area (Å²) in [5, 5.41) is 7.10.